The summed E-state index contributed by atoms with van der Waals surface area (Å²) in [6, 6.07) is 22.2. The summed E-state index contributed by atoms with van der Waals surface area (Å²) in [7, 11) is 3.31. The van der Waals surface area contributed by atoms with Gasteiger partial charge in [-0.3, -0.25) is 4.79 Å². The molecule has 1 amide bonds. The fourth-order valence-corrected chi connectivity index (χ4v) is 3.97. The molecule has 0 radical (unpaired) electrons. The van der Waals surface area contributed by atoms with Gasteiger partial charge in [0.1, 0.15) is 0 Å². The van der Waals surface area contributed by atoms with Gasteiger partial charge in [-0.05, 0) is 65.9 Å². The molecule has 1 aliphatic heterocycles. The van der Waals surface area contributed by atoms with Crippen molar-refractivity contribution in [3.63, 3.8) is 0 Å². The maximum Gasteiger partial charge on any atom is 0.251 e. The van der Waals surface area contributed by atoms with Gasteiger partial charge in [0.15, 0.2) is 11.5 Å². The number of aryl methyl sites for hydroxylation is 1. The minimum absolute atomic E-state index is 0.0289. The number of rotatable bonds is 8. The zero-order chi connectivity index (χ0) is 21.6. The Morgan fingerprint density at radius 3 is 2.10 bits per heavy atom. The molecule has 0 unspecified atom stereocenters. The van der Waals surface area contributed by atoms with E-state index in [9.17, 15) is 4.79 Å². The van der Waals surface area contributed by atoms with Crippen molar-refractivity contribution in [2.45, 2.75) is 25.9 Å². The zero-order valence-electron chi connectivity index (χ0n) is 18.1. The second-order valence-corrected chi connectivity index (χ2v) is 7.72. The highest BCUT2D eigenvalue weighted by molar-refractivity contribution is 5.94. The van der Waals surface area contributed by atoms with Crippen LogP contribution < -0.4 is 19.7 Å². The van der Waals surface area contributed by atoms with Gasteiger partial charge >= 0.3 is 0 Å². The molecule has 0 bridgehead atoms. The number of carbonyl (C=O) groups excluding carboxylic acids is 1. The van der Waals surface area contributed by atoms with E-state index in [1.807, 2.05) is 54.6 Å². The van der Waals surface area contributed by atoms with Gasteiger partial charge < -0.3 is 19.7 Å². The number of anilines is 1. The molecule has 1 aliphatic rings. The Bertz CT molecular complexity index is 1000. The van der Waals surface area contributed by atoms with Crippen molar-refractivity contribution in [2.24, 2.45) is 0 Å². The van der Waals surface area contributed by atoms with Crippen molar-refractivity contribution in [2.75, 3.05) is 25.7 Å². The lowest BCUT2D eigenvalue weighted by Crippen LogP contribution is -2.24. The van der Waals surface area contributed by atoms with Crippen molar-refractivity contribution in [3.05, 3.63) is 89.0 Å². The fourth-order valence-electron chi connectivity index (χ4n) is 3.97. The standard InChI is InChI=1S/C26H28N2O3/c1-30-24-15-21-17-28(18-22(21)16-25(24)31-2)23-12-10-20(11-13-23)26(29)27-14-6-9-19-7-4-3-5-8-19/h3-5,7-8,10-13,15-16H,6,9,14,17-18H2,1-2H3,(H,27,29). The first-order valence-corrected chi connectivity index (χ1v) is 10.6. The number of carbonyl (C=O) groups is 1. The largest absolute Gasteiger partial charge is 0.493 e. The third kappa shape index (κ3) is 4.82. The molecule has 0 aliphatic carbocycles. The number of amides is 1. The summed E-state index contributed by atoms with van der Waals surface area (Å²) in [6.07, 6.45) is 1.89. The van der Waals surface area contributed by atoms with Crippen LogP contribution in [-0.4, -0.2) is 26.7 Å². The Morgan fingerprint density at radius 2 is 1.52 bits per heavy atom. The summed E-state index contributed by atoms with van der Waals surface area (Å²) in [5, 5.41) is 3.02. The van der Waals surface area contributed by atoms with Gasteiger partial charge in [0.05, 0.1) is 14.2 Å². The highest BCUT2D eigenvalue weighted by Gasteiger charge is 2.22. The number of nitrogens with one attached hydrogen (secondary N) is 1. The topological polar surface area (TPSA) is 50.8 Å². The number of benzene rings is 3. The van der Waals surface area contributed by atoms with Gasteiger partial charge in [-0.25, -0.2) is 0 Å². The lowest BCUT2D eigenvalue weighted by atomic mass is 10.1. The lowest BCUT2D eigenvalue weighted by molar-refractivity contribution is 0.0953. The number of hydrogen-bond acceptors (Lipinski definition) is 4. The molecule has 1 heterocycles. The van der Waals surface area contributed by atoms with Crippen LogP contribution in [0, 0.1) is 0 Å². The second-order valence-electron chi connectivity index (χ2n) is 7.72. The highest BCUT2D eigenvalue weighted by Crippen LogP contribution is 2.36. The van der Waals surface area contributed by atoms with Crippen LogP contribution in [0.3, 0.4) is 0 Å². The Labute approximate surface area is 183 Å². The van der Waals surface area contributed by atoms with Gasteiger partial charge in [0.2, 0.25) is 0 Å². The average Bonchev–Trinajstić information content (AvgIpc) is 3.24. The molecule has 0 atom stereocenters. The first-order chi connectivity index (χ1) is 15.2. The molecule has 0 spiro atoms. The third-order valence-corrected chi connectivity index (χ3v) is 5.69. The summed E-state index contributed by atoms with van der Waals surface area (Å²) in [5.74, 6) is 1.48. The van der Waals surface area contributed by atoms with Crippen molar-refractivity contribution in [3.8, 4) is 11.5 Å². The minimum atomic E-state index is -0.0289. The molecule has 1 N–H and O–H groups in total. The molecule has 0 aromatic heterocycles. The molecule has 160 valence electrons. The number of nitrogens with zero attached hydrogens (tertiary/aromatic N) is 1. The summed E-state index contributed by atoms with van der Waals surface area (Å²) in [6.45, 7) is 2.28. The van der Waals surface area contributed by atoms with E-state index in [-0.39, 0.29) is 5.91 Å². The van der Waals surface area contributed by atoms with Crippen molar-refractivity contribution in [1.29, 1.82) is 0 Å². The molecule has 3 aromatic carbocycles. The van der Waals surface area contributed by atoms with E-state index in [0.29, 0.717) is 12.1 Å². The van der Waals surface area contributed by atoms with E-state index in [4.69, 9.17) is 9.47 Å². The SMILES string of the molecule is COc1cc2c(cc1OC)CN(c1ccc(C(=O)NCCCc3ccccc3)cc1)C2. The van der Waals surface area contributed by atoms with E-state index < -0.39 is 0 Å². The van der Waals surface area contributed by atoms with Gasteiger partial charge in [-0.1, -0.05) is 30.3 Å². The van der Waals surface area contributed by atoms with E-state index >= 15 is 0 Å². The highest BCUT2D eigenvalue weighted by atomic mass is 16.5. The van der Waals surface area contributed by atoms with Crippen molar-refractivity contribution in [1.82, 2.24) is 5.32 Å². The monoisotopic (exact) mass is 416 g/mol. The first-order valence-electron chi connectivity index (χ1n) is 10.6. The Morgan fingerprint density at radius 1 is 0.903 bits per heavy atom. The molecule has 3 aromatic rings. The average molecular weight is 417 g/mol. The van der Waals surface area contributed by atoms with Crippen LogP contribution in [-0.2, 0) is 19.5 Å². The van der Waals surface area contributed by atoms with Crippen LogP contribution in [0.1, 0.15) is 33.5 Å². The minimum Gasteiger partial charge on any atom is -0.493 e. The van der Waals surface area contributed by atoms with Crippen LogP contribution in [0.5, 0.6) is 11.5 Å². The van der Waals surface area contributed by atoms with Crippen molar-refractivity contribution >= 4 is 11.6 Å². The number of ether oxygens (including phenoxy) is 2. The summed E-state index contributed by atoms with van der Waals surface area (Å²) >= 11 is 0. The van der Waals surface area contributed by atoms with Crippen molar-refractivity contribution < 1.29 is 14.3 Å². The van der Waals surface area contributed by atoms with Crippen LogP contribution in [0.25, 0.3) is 0 Å². The summed E-state index contributed by atoms with van der Waals surface area (Å²) < 4.78 is 10.8. The van der Waals surface area contributed by atoms with Gasteiger partial charge in [0, 0.05) is 30.9 Å². The van der Waals surface area contributed by atoms with E-state index in [0.717, 1.165) is 43.1 Å². The van der Waals surface area contributed by atoms with Crippen LogP contribution in [0.4, 0.5) is 5.69 Å². The van der Waals surface area contributed by atoms with Crippen LogP contribution in [0.15, 0.2) is 66.7 Å². The van der Waals surface area contributed by atoms with E-state index in [1.165, 1.54) is 16.7 Å². The van der Waals surface area contributed by atoms with E-state index in [2.05, 4.69) is 22.3 Å². The van der Waals surface area contributed by atoms with Gasteiger partial charge in [-0.15, -0.1) is 0 Å². The maximum atomic E-state index is 12.5. The summed E-state index contributed by atoms with van der Waals surface area (Å²) in [5.41, 5.74) is 5.54. The summed E-state index contributed by atoms with van der Waals surface area (Å²) in [4.78, 5) is 14.7. The maximum absolute atomic E-state index is 12.5. The van der Waals surface area contributed by atoms with Gasteiger partial charge in [-0.2, -0.15) is 0 Å². The normalized spacial score (nSPS) is 12.4. The Balaban J connectivity index is 1.32. The second kappa shape index (κ2) is 9.56. The number of methoxy groups -OCH3 is 2. The molecule has 5 heteroatoms. The van der Waals surface area contributed by atoms with Gasteiger partial charge in [0.25, 0.3) is 5.91 Å². The molecule has 0 fully saturated rings. The van der Waals surface area contributed by atoms with Crippen LogP contribution >= 0.6 is 0 Å². The zero-order valence-corrected chi connectivity index (χ0v) is 18.1. The molecule has 31 heavy (non-hydrogen) atoms. The third-order valence-electron chi connectivity index (χ3n) is 5.69. The molecular weight excluding hydrogens is 388 g/mol. The predicted octanol–water partition coefficient (Wildman–Crippen LogP) is 4.59. The molecule has 5 nitrogen and oxygen atoms in total. The molecule has 0 saturated heterocycles. The number of hydrogen-bond donors (Lipinski definition) is 1. The Kier molecular flexibility index (Phi) is 6.41. The van der Waals surface area contributed by atoms with E-state index in [1.54, 1.807) is 14.2 Å². The number of fused-ring (bicyclic) bond motifs is 1. The molecule has 4 rings (SSSR count). The lowest BCUT2D eigenvalue weighted by Gasteiger charge is -2.18. The Hall–Kier alpha value is -3.47. The molecular formula is C26H28N2O3. The molecule has 0 saturated carbocycles. The fraction of sp³-hybridized carbons (Fsp3) is 0.269. The predicted molar refractivity (Wildman–Crippen MR) is 123 cm³/mol. The quantitative estimate of drug-likeness (QED) is 0.546. The van der Waals surface area contributed by atoms with Crippen LogP contribution in [0.2, 0.25) is 0 Å². The smallest absolute Gasteiger partial charge is 0.251 e. The first kappa shape index (κ1) is 20.8.